The number of aromatic nitrogens is 1. The number of amides is 2. The minimum absolute atomic E-state index is 0.124. The van der Waals surface area contributed by atoms with E-state index >= 15 is 0 Å². The molecule has 0 radical (unpaired) electrons. The molecule has 4 rings (SSSR count). The Bertz CT molecular complexity index is 1010. The molecular weight excluding hydrogens is 338 g/mol. The van der Waals surface area contributed by atoms with Crippen molar-refractivity contribution in [1.82, 2.24) is 9.88 Å². The smallest absolute Gasteiger partial charge is 0.322 e. The fourth-order valence-electron chi connectivity index (χ4n) is 3.39. The van der Waals surface area contributed by atoms with Crippen LogP contribution in [0.25, 0.3) is 10.9 Å². The van der Waals surface area contributed by atoms with Gasteiger partial charge < -0.3 is 15.1 Å². The Balaban J connectivity index is 1.44. The molecule has 1 aliphatic heterocycles. The summed E-state index contributed by atoms with van der Waals surface area (Å²) in [6.45, 7) is 2.59. The molecule has 2 heterocycles. The van der Waals surface area contributed by atoms with Crippen LogP contribution in [0.3, 0.4) is 0 Å². The van der Waals surface area contributed by atoms with Crippen molar-refractivity contribution in [2.45, 2.75) is 0 Å². The molecule has 6 heteroatoms. The van der Waals surface area contributed by atoms with Gasteiger partial charge in [-0.2, -0.15) is 5.26 Å². The lowest BCUT2D eigenvalue weighted by molar-refractivity contribution is 0.208. The van der Waals surface area contributed by atoms with Gasteiger partial charge >= 0.3 is 6.03 Å². The summed E-state index contributed by atoms with van der Waals surface area (Å²) in [6.07, 6.45) is 1.73. The normalized spacial score (nSPS) is 14.0. The van der Waals surface area contributed by atoms with Gasteiger partial charge in [0, 0.05) is 37.8 Å². The van der Waals surface area contributed by atoms with E-state index in [2.05, 4.69) is 21.3 Å². The number of nitrogens with zero attached hydrogens (tertiary/aromatic N) is 4. The lowest BCUT2D eigenvalue weighted by Crippen LogP contribution is -2.50. The topological polar surface area (TPSA) is 72.3 Å². The van der Waals surface area contributed by atoms with Gasteiger partial charge in [0.05, 0.1) is 22.5 Å². The highest BCUT2D eigenvalue weighted by molar-refractivity contribution is 5.99. The molecule has 6 nitrogen and oxygen atoms in total. The van der Waals surface area contributed by atoms with Gasteiger partial charge in [0.2, 0.25) is 0 Å². The molecular formula is C21H19N5O. The maximum Gasteiger partial charge on any atom is 0.322 e. The van der Waals surface area contributed by atoms with Gasteiger partial charge in [-0.15, -0.1) is 0 Å². The minimum atomic E-state index is -0.124. The number of nitriles is 1. The predicted octanol–water partition coefficient (Wildman–Crippen LogP) is 3.46. The van der Waals surface area contributed by atoms with Gasteiger partial charge in [-0.25, -0.2) is 4.79 Å². The number of hydrogen-bond donors (Lipinski definition) is 1. The minimum Gasteiger partial charge on any atom is -0.367 e. The van der Waals surface area contributed by atoms with Gasteiger partial charge in [-0.1, -0.05) is 30.3 Å². The van der Waals surface area contributed by atoms with E-state index in [1.54, 1.807) is 11.1 Å². The van der Waals surface area contributed by atoms with Crippen molar-refractivity contribution in [3.8, 4) is 6.07 Å². The Morgan fingerprint density at radius 3 is 2.59 bits per heavy atom. The highest BCUT2D eigenvalue weighted by Gasteiger charge is 2.23. The van der Waals surface area contributed by atoms with Crippen LogP contribution < -0.4 is 10.2 Å². The number of urea groups is 1. The van der Waals surface area contributed by atoms with Crippen molar-refractivity contribution in [3.05, 3.63) is 66.4 Å². The first-order valence-corrected chi connectivity index (χ1v) is 8.90. The van der Waals surface area contributed by atoms with Crippen molar-refractivity contribution >= 4 is 28.3 Å². The molecule has 1 aliphatic rings. The summed E-state index contributed by atoms with van der Waals surface area (Å²) < 4.78 is 0. The number of carbonyl (C=O) groups excluding carboxylic acids is 1. The molecule has 0 unspecified atom stereocenters. The van der Waals surface area contributed by atoms with Crippen LogP contribution in [0.5, 0.6) is 0 Å². The Morgan fingerprint density at radius 1 is 1.00 bits per heavy atom. The Hall–Kier alpha value is -3.59. The SMILES string of the molecule is N#Cc1ccccc1N1CCN(C(=O)Nc2cccc3cccnc23)CC1. The summed E-state index contributed by atoms with van der Waals surface area (Å²) in [5.74, 6) is 0. The lowest BCUT2D eigenvalue weighted by atomic mass is 10.1. The van der Waals surface area contributed by atoms with Crippen LogP contribution >= 0.6 is 0 Å². The number of rotatable bonds is 2. The number of pyridine rings is 1. The largest absolute Gasteiger partial charge is 0.367 e. The van der Waals surface area contributed by atoms with Crippen molar-refractivity contribution in [1.29, 1.82) is 5.26 Å². The molecule has 2 aromatic carbocycles. The number of hydrogen-bond acceptors (Lipinski definition) is 4. The number of nitrogens with one attached hydrogen (secondary N) is 1. The molecule has 27 heavy (non-hydrogen) atoms. The van der Waals surface area contributed by atoms with Crippen molar-refractivity contribution in [3.63, 3.8) is 0 Å². The van der Waals surface area contributed by atoms with Gasteiger partial charge in [0.25, 0.3) is 0 Å². The number of fused-ring (bicyclic) bond motifs is 1. The van der Waals surface area contributed by atoms with Crippen LogP contribution in [0.15, 0.2) is 60.8 Å². The molecule has 0 atom stereocenters. The second-order valence-electron chi connectivity index (χ2n) is 6.41. The number of piperazine rings is 1. The van der Waals surface area contributed by atoms with Crippen molar-refractivity contribution < 1.29 is 4.79 Å². The molecule has 2 amide bonds. The zero-order valence-electron chi connectivity index (χ0n) is 14.8. The first kappa shape index (κ1) is 16.9. The van der Waals surface area contributed by atoms with E-state index < -0.39 is 0 Å². The van der Waals surface area contributed by atoms with Crippen LogP contribution in [0.4, 0.5) is 16.2 Å². The van der Waals surface area contributed by atoms with Crippen molar-refractivity contribution in [2.24, 2.45) is 0 Å². The molecule has 3 aromatic rings. The first-order chi connectivity index (χ1) is 13.3. The molecule has 1 saturated heterocycles. The van der Waals surface area contributed by atoms with Gasteiger partial charge in [-0.05, 0) is 24.3 Å². The highest BCUT2D eigenvalue weighted by Crippen LogP contribution is 2.23. The van der Waals surface area contributed by atoms with Gasteiger partial charge in [0.1, 0.15) is 6.07 Å². The van der Waals surface area contributed by atoms with E-state index in [4.69, 9.17) is 0 Å². The van der Waals surface area contributed by atoms with Crippen LogP contribution in [-0.4, -0.2) is 42.1 Å². The number of carbonyl (C=O) groups is 1. The second kappa shape index (κ2) is 7.34. The lowest BCUT2D eigenvalue weighted by Gasteiger charge is -2.36. The van der Waals surface area contributed by atoms with E-state index in [1.807, 2.05) is 54.6 Å². The molecule has 1 fully saturated rings. The maximum absolute atomic E-state index is 12.7. The van der Waals surface area contributed by atoms with Gasteiger partial charge in [0.15, 0.2) is 0 Å². The summed E-state index contributed by atoms with van der Waals surface area (Å²) in [4.78, 5) is 21.0. The zero-order chi connectivity index (χ0) is 18.6. The molecule has 0 aliphatic carbocycles. The van der Waals surface area contributed by atoms with E-state index in [0.717, 1.165) is 22.3 Å². The Kier molecular flexibility index (Phi) is 4.58. The fourth-order valence-corrected chi connectivity index (χ4v) is 3.39. The molecule has 1 aromatic heterocycles. The van der Waals surface area contributed by atoms with E-state index in [9.17, 15) is 10.1 Å². The van der Waals surface area contributed by atoms with Crippen molar-refractivity contribution in [2.75, 3.05) is 36.4 Å². The van der Waals surface area contributed by atoms with E-state index in [1.165, 1.54) is 0 Å². The van der Waals surface area contributed by atoms with Crippen LogP contribution in [-0.2, 0) is 0 Å². The number of anilines is 2. The predicted molar refractivity (Wildman–Crippen MR) is 106 cm³/mol. The Labute approximate surface area is 157 Å². The summed E-state index contributed by atoms with van der Waals surface area (Å²) in [5.41, 5.74) is 3.10. The average Bonchev–Trinajstić information content (AvgIpc) is 2.74. The molecule has 134 valence electrons. The third-order valence-corrected chi connectivity index (χ3v) is 4.81. The fraction of sp³-hybridized carbons (Fsp3) is 0.190. The Morgan fingerprint density at radius 2 is 1.78 bits per heavy atom. The number of benzene rings is 2. The average molecular weight is 357 g/mol. The third-order valence-electron chi connectivity index (χ3n) is 4.81. The zero-order valence-corrected chi connectivity index (χ0v) is 14.8. The summed E-state index contributed by atoms with van der Waals surface area (Å²) >= 11 is 0. The number of para-hydroxylation sites is 2. The molecule has 0 spiro atoms. The van der Waals surface area contributed by atoms with Gasteiger partial charge in [-0.3, -0.25) is 4.98 Å². The van der Waals surface area contributed by atoms with E-state index in [0.29, 0.717) is 31.7 Å². The quantitative estimate of drug-likeness (QED) is 0.762. The van der Waals surface area contributed by atoms with E-state index in [-0.39, 0.29) is 6.03 Å². The molecule has 1 N–H and O–H groups in total. The van der Waals surface area contributed by atoms with Crippen LogP contribution in [0, 0.1) is 11.3 Å². The summed E-state index contributed by atoms with van der Waals surface area (Å²) in [5, 5.41) is 13.3. The van der Waals surface area contributed by atoms with Crippen LogP contribution in [0.2, 0.25) is 0 Å². The summed E-state index contributed by atoms with van der Waals surface area (Å²) in [7, 11) is 0. The third kappa shape index (κ3) is 3.40. The monoisotopic (exact) mass is 357 g/mol. The molecule has 0 saturated carbocycles. The highest BCUT2D eigenvalue weighted by atomic mass is 16.2. The molecule has 0 bridgehead atoms. The first-order valence-electron chi connectivity index (χ1n) is 8.90. The second-order valence-corrected chi connectivity index (χ2v) is 6.41. The standard InChI is InChI=1S/C21H19N5O/c22-15-17-5-1-2-9-19(17)25-11-13-26(14-12-25)21(27)24-18-8-3-6-16-7-4-10-23-20(16)18/h1-10H,11-14H2,(H,24,27). The van der Waals surface area contributed by atoms with Crippen LogP contribution in [0.1, 0.15) is 5.56 Å². The summed E-state index contributed by atoms with van der Waals surface area (Å²) in [6, 6.07) is 19.3. The maximum atomic E-state index is 12.7.